The Labute approximate surface area is 274 Å². The van der Waals surface area contributed by atoms with E-state index in [1.807, 2.05) is 87.5 Å². The van der Waals surface area contributed by atoms with E-state index in [9.17, 15) is 9.59 Å². The smallest absolute Gasteiger partial charge is 0.326 e. The first kappa shape index (κ1) is 32.4. The van der Waals surface area contributed by atoms with Crippen molar-refractivity contribution in [2.45, 2.75) is 38.5 Å². The minimum Gasteiger partial charge on any atom is -0.497 e. The van der Waals surface area contributed by atoms with Gasteiger partial charge < -0.3 is 24.2 Å². The minimum atomic E-state index is -0.916. The Hall–Kier alpha value is -3.95. The first-order valence-electron chi connectivity index (χ1n) is 14.9. The molecule has 5 rings (SSSR count). The van der Waals surface area contributed by atoms with Crippen molar-refractivity contribution in [3.8, 4) is 11.5 Å². The number of rotatable bonds is 6. The third-order valence-corrected chi connectivity index (χ3v) is 8.68. The van der Waals surface area contributed by atoms with E-state index in [1.165, 1.54) is 0 Å². The number of nitrogens with zero attached hydrogens (tertiary/aromatic N) is 5. The molecule has 11 heteroatoms. The molecular formula is C34H39Cl2N5O4. The maximum absolute atomic E-state index is 14.8. The molecular weight excluding hydrogens is 613 g/mol. The Bertz CT molecular complexity index is 1570. The standard InChI is InChI=1S/C34H39Cl2N5O4/c1-22(2)45-29-21-27(44-6)15-16-28(29)31-37-34(3,24-9-13-26(36)14-10-24)30(23-7-11-25(35)12-8-23)41(31)33(43)40-19-17-39(18-20-40)32(42)38(4)5/h7-16,21-22,30H,17-20H2,1-6H3/t30-,34+/m1/s1. The molecule has 1 saturated heterocycles. The zero-order chi connectivity index (χ0) is 32.5. The summed E-state index contributed by atoms with van der Waals surface area (Å²) in [6.45, 7) is 7.54. The van der Waals surface area contributed by atoms with Gasteiger partial charge in [-0.2, -0.15) is 0 Å². The van der Waals surface area contributed by atoms with E-state index in [4.69, 9.17) is 37.7 Å². The predicted molar refractivity (Wildman–Crippen MR) is 178 cm³/mol. The summed E-state index contributed by atoms with van der Waals surface area (Å²) in [5.41, 5.74) is 1.50. The summed E-state index contributed by atoms with van der Waals surface area (Å²) in [6, 6.07) is 19.8. The Morgan fingerprint density at radius 2 is 1.49 bits per heavy atom. The lowest BCUT2D eigenvalue weighted by molar-refractivity contribution is 0.112. The number of hydrogen-bond acceptors (Lipinski definition) is 5. The van der Waals surface area contributed by atoms with Gasteiger partial charge in [0.05, 0.1) is 24.8 Å². The van der Waals surface area contributed by atoms with Gasteiger partial charge in [0.1, 0.15) is 22.9 Å². The molecule has 2 aliphatic rings. The average Bonchev–Trinajstić information content (AvgIpc) is 3.34. The van der Waals surface area contributed by atoms with E-state index in [1.54, 1.807) is 40.8 Å². The SMILES string of the molecule is COc1ccc(C2=N[C@@](C)(c3ccc(Cl)cc3)[C@@H](c3ccc(Cl)cc3)N2C(=O)N2CCN(C(=O)N(C)C)CC2)c(OC(C)C)c1. The fourth-order valence-electron chi connectivity index (χ4n) is 5.92. The first-order valence-corrected chi connectivity index (χ1v) is 15.7. The van der Waals surface area contributed by atoms with E-state index in [0.29, 0.717) is 59.1 Å². The Balaban J connectivity index is 1.67. The molecule has 45 heavy (non-hydrogen) atoms. The summed E-state index contributed by atoms with van der Waals surface area (Å²) in [6.07, 6.45) is -0.140. The lowest BCUT2D eigenvalue weighted by Gasteiger charge is -2.41. The summed E-state index contributed by atoms with van der Waals surface area (Å²) >= 11 is 12.6. The number of benzene rings is 3. The quantitative estimate of drug-likeness (QED) is 0.290. The van der Waals surface area contributed by atoms with E-state index >= 15 is 0 Å². The molecule has 2 aliphatic heterocycles. The molecule has 0 spiro atoms. The van der Waals surface area contributed by atoms with Gasteiger partial charge in [0.2, 0.25) is 0 Å². The summed E-state index contributed by atoms with van der Waals surface area (Å²) in [5.74, 6) is 1.65. The third-order valence-electron chi connectivity index (χ3n) is 8.17. The predicted octanol–water partition coefficient (Wildman–Crippen LogP) is 6.93. The summed E-state index contributed by atoms with van der Waals surface area (Å²) in [4.78, 5) is 39.7. The second kappa shape index (κ2) is 13.2. The van der Waals surface area contributed by atoms with Crippen LogP contribution in [0.15, 0.2) is 71.7 Å². The zero-order valence-corrected chi connectivity index (χ0v) is 28.0. The van der Waals surface area contributed by atoms with Crippen LogP contribution in [0.5, 0.6) is 11.5 Å². The highest BCUT2D eigenvalue weighted by Crippen LogP contribution is 2.50. The van der Waals surface area contributed by atoms with Gasteiger partial charge in [0.15, 0.2) is 0 Å². The Morgan fingerprint density at radius 1 is 0.911 bits per heavy atom. The Kier molecular flexibility index (Phi) is 9.51. The van der Waals surface area contributed by atoms with Gasteiger partial charge in [-0.3, -0.25) is 9.89 Å². The molecule has 2 heterocycles. The molecule has 0 aromatic heterocycles. The number of carbonyl (C=O) groups excluding carboxylic acids is 2. The van der Waals surface area contributed by atoms with Crippen molar-refractivity contribution < 1.29 is 19.1 Å². The highest BCUT2D eigenvalue weighted by molar-refractivity contribution is 6.30. The van der Waals surface area contributed by atoms with Crippen molar-refractivity contribution in [2.75, 3.05) is 47.4 Å². The Morgan fingerprint density at radius 3 is 2.04 bits per heavy atom. The minimum absolute atomic E-state index is 0.0754. The molecule has 238 valence electrons. The number of amides is 4. The van der Waals surface area contributed by atoms with Gasteiger partial charge in [-0.05, 0) is 68.3 Å². The van der Waals surface area contributed by atoms with Crippen LogP contribution < -0.4 is 9.47 Å². The van der Waals surface area contributed by atoms with E-state index in [2.05, 4.69) is 0 Å². The average molecular weight is 653 g/mol. The van der Waals surface area contributed by atoms with Crippen LogP contribution in [0.25, 0.3) is 0 Å². The van der Waals surface area contributed by atoms with E-state index < -0.39 is 11.6 Å². The monoisotopic (exact) mass is 651 g/mol. The topological polar surface area (TPSA) is 77.9 Å². The van der Waals surface area contributed by atoms with Gasteiger partial charge in [-0.25, -0.2) is 9.59 Å². The molecule has 0 bridgehead atoms. The largest absolute Gasteiger partial charge is 0.497 e. The molecule has 4 amide bonds. The van der Waals surface area contributed by atoms with Crippen molar-refractivity contribution in [2.24, 2.45) is 4.99 Å². The number of ether oxygens (including phenoxy) is 2. The fraction of sp³-hybridized carbons (Fsp3) is 0.382. The zero-order valence-electron chi connectivity index (χ0n) is 26.5. The number of aliphatic imine (C=N–C) groups is 1. The summed E-state index contributed by atoms with van der Waals surface area (Å²) < 4.78 is 11.8. The van der Waals surface area contributed by atoms with Crippen molar-refractivity contribution in [3.63, 3.8) is 0 Å². The van der Waals surface area contributed by atoms with E-state index in [-0.39, 0.29) is 18.2 Å². The van der Waals surface area contributed by atoms with Crippen molar-refractivity contribution >= 4 is 41.1 Å². The van der Waals surface area contributed by atoms with Crippen LogP contribution in [0.2, 0.25) is 10.0 Å². The molecule has 2 atom stereocenters. The highest BCUT2D eigenvalue weighted by atomic mass is 35.5. The molecule has 0 radical (unpaired) electrons. The number of carbonyl (C=O) groups is 2. The molecule has 3 aromatic carbocycles. The second-order valence-electron chi connectivity index (χ2n) is 11.9. The van der Waals surface area contributed by atoms with Gasteiger partial charge in [-0.15, -0.1) is 0 Å². The van der Waals surface area contributed by atoms with Gasteiger partial charge in [-0.1, -0.05) is 47.5 Å². The molecule has 3 aromatic rings. The van der Waals surface area contributed by atoms with Crippen molar-refractivity contribution in [1.82, 2.24) is 19.6 Å². The highest BCUT2D eigenvalue weighted by Gasteiger charge is 2.52. The summed E-state index contributed by atoms with van der Waals surface area (Å²) in [7, 11) is 5.06. The third kappa shape index (κ3) is 6.56. The van der Waals surface area contributed by atoms with E-state index in [0.717, 1.165) is 11.1 Å². The van der Waals surface area contributed by atoms with Crippen LogP contribution in [0.1, 0.15) is 43.5 Å². The molecule has 9 nitrogen and oxygen atoms in total. The number of halogens is 2. The normalized spacial score (nSPS) is 19.9. The van der Waals surface area contributed by atoms with Crippen LogP contribution in [0.4, 0.5) is 9.59 Å². The van der Waals surface area contributed by atoms with Crippen LogP contribution >= 0.6 is 23.2 Å². The number of methoxy groups -OCH3 is 1. The van der Waals surface area contributed by atoms with Gasteiger partial charge >= 0.3 is 12.1 Å². The maximum atomic E-state index is 14.8. The van der Waals surface area contributed by atoms with Gasteiger partial charge in [0, 0.05) is 56.4 Å². The van der Waals surface area contributed by atoms with Crippen LogP contribution in [-0.2, 0) is 5.54 Å². The maximum Gasteiger partial charge on any atom is 0.326 e. The van der Waals surface area contributed by atoms with Crippen LogP contribution in [-0.4, -0.2) is 91.0 Å². The van der Waals surface area contributed by atoms with Crippen LogP contribution in [0, 0.1) is 0 Å². The van der Waals surface area contributed by atoms with Crippen molar-refractivity contribution in [3.05, 3.63) is 93.5 Å². The van der Waals surface area contributed by atoms with Crippen LogP contribution in [0.3, 0.4) is 0 Å². The second-order valence-corrected chi connectivity index (χ2v) is 12.7. The van der Waals surface area contributed by atoms with Gasteiger partial charge in [0.25, 0.3) is 0 Å². The molecule has 0 aliphatic carbocycles. The fourth-order valence-corrected chi connectivity index (χ4v) is 6.17. The number of amidine groups is 1. The summed E-state index contributed by atoms with van der Waals surface area (Å²) in [5, 5.41) is 1.20. The number of hydrogen-bond donors (Lipinski definition) is 0. The van der Waals surface area contributed by atoms with Crippen molar-refractivity contribution in [1.29, 1.82) is 0 Å². The lowest BCUT2D eigenvalue weighted by Crippen LogP contribution is -2.56. The lowest BCUT2D eigenvalue weighted by atomic mass is 9.81. The number of urea groups is 2. The first-order chi connectivity index (χ1) is 21.4. The molecule has 0 N–H and O–H groups in total. The number of piperazine rings is 1. The molecule has 1 fully saturated rings. The molecule has 0 saturated carbocycles. The molecule has 0 unspecified atom stereocenters.